The van der Waals surface area contributed by atoms with Crippen LogP contribution in [0.4, 0.5) is 11.4 Å². The minimum absolute atomic E-state index is 0.824. The van der Waals surface area contributed by atoms with Crippen molar-refractivity contribution in [2.24, 2.45) is 0 Å². The van der Waals surface area contributed by atoms with Gasteiger partial charge in [0.15, 0.2) is 0 Å². The molecule has 5 nitrogen and oxygen atoms in total. The number of nitrogens with zero attached hydrogens (tertiary/aromatic N) is 3. The van der Waals surface area contributed by atoms with Crippen molar-refractivity contribution >= 4 is 11.4 Å². The highest BCUT2D eigenvalue weighted by atomic mass is 15.3. The first-order chi connectivity index (χ1) is 8.92. The van der Waals surface area contributed by atoms with E-state index in [-0.39, 0.29) is 0 Å². The zero-order chi connectivity index (χ0) is 12.2. The van der Waals surface area contributed by atoms with E-state index in [0.29, 0.717) is 0 Å². The van der Waals surface area contributed by atoms with Crippen LogP contribution in [0.15, 0.2) is 55.0 Å². The summed E-state index contributed by atoms with van der Waals surface area (Å²) in [6.07, 6.45) is 5.23. The lowest BCUT2D eigenvalue weighted by molar-refractivity contribution is 0.942. The van der Waals surface area contributed by atoms with Gasteiger partial charge in [0.05, 0.1) is 18.1 Å². The van der Waals surface area contributed by atoms with Crippen molar-refractivity contribution in [3.63, 3.8) is 0 Å². The maximum atomic E-state index is 4.06. The van der Waals surface area contributed by atoms with Crippen LogP contribution in [-0.2, 0) is 0 Å². The third-order valence-electron chi connectivity index (χ3n) is 2.52. The molecule has 0 aliphatic heterocycles. The van der Waals surface area contributed by atoms with Gasteiger partial charge in [-0.1, -0.05) is 12.1 Å². The summed E-state index contributed by atoms with van der Waals surface area (Å²) in [7, 11) is 0. The van der Waals surface area contributed by atoms with E-state index in [0.717, 1.165) is 22.6 Å². The molecule has 0 saturated heterocycles. The van der Waals surface area contributed by atoms with Crippen LogP contribution in [-0.4, -0.2) is 20.4 Å². The van der Waals surface area contributed by atoms with Crippen molar-refractivity contribution in [1.29, 1.82) is 0 Å². The first-order valence-corrected chi connectivity index (χ1v) is 5.55. The molecule has 1 aromatic carbocycles. The number of rotatable bonds is 3. The van der Waals surface area contributed by atoms with Crippen molar-refractivity contribution in [3.8, 4) is 11.3 Å². The monoisotopic (exact) mass is 237 g/mol. The van der Waals surface area contributed by atoms with Crippen molar-refractivity contribution in [3.05, 3.63) is 55.0 Å². The number of hydrogen-bond acceptors (Lipinski definition) is 4. The Labute approximate surface area is 104 Å². The van der Waals surface area contributed by atoms with Crippen molar-refractivity contribution in [2.75, 3.05) is 5.32 Å². The van der Waals surface area contributed by atoms with Crippen LogP contribution in [0.3, 0.4) is 0 Å². The average molecular weight is 237 g/mol. The highest BCUT2D eigenvalue weighted by Crippen LogP contribution is 2.22. The number of aromatic amines is 1. The van der Waals surface area contributed by atoms with Gasteiger partial charge < -0.3 is 5.32 Å². The number of benzene rings is 1. The van der Waals surface area contributed by atoms with Gasteiger partial charge in [0.2, 0.25) is 0 Å². The fourth-order valence-electron chi connectivity index (χ4n) is 1.70. The molecular weight excluding hydrogens is 226 g/mol. The van der Waals surface area contributed by atoms with E-state index in [9.17, 15) is 0 Å². The van der Waals surface area contributed by atoms with E-state index < -0.39 is 0 Å². The third-order valence-corrected chi connectivity index (χ3v) is 2.52. The molecule has 0 atom stereocenters. The van der Waals surface area contributed by atoms with Gasteiger partial charge in [0.1, 0.15) is 5.69 Å². The Morgan fingerprint density at radius 1 is 1.00 bits per heavy atom. The molecule has 88 valence electrons. The Morgan fingerprint density at radius 2 is 1.94 bits per heavy atom. The SMILES string of the molecule is c1cncc(Nc2cccc(-c3cn[nH]n3)c2)c1. The molecule has 0 spiro atoms. The van der Waals surface area contributed by atoms with Crippen molar-refractivity contribution < 1.29 is 0 Å². The Balaban J connectivity index is 1.88. The highest BCUT2D eigenvalue weighted by molar-refractivity contribution is 5.67. The van der Waals surface area contributed by atoms with Crippen LogP contribution < -0.4 is 5.32 Å². The van der Waals surface area contributed by atoms with Gasteiger partial charge in [-0.15, -0.1) is 0 Å². The van der Waals surface area contributed by atoms with E-state index in [1.54, 1.807) is 18.6 Å². The lowest BCUT2D eigenvalue weighted by Gasteiger charge is -2.06. The third kappa shape index (κ3) is 2.20. The van der Waals surface area contributed by atoms with E-state index in [4.69, 9.17) is 0 Å². The van der Waals surface area contributed by atoms with Crippen LogP contribution >= 0.6 is 0 Å². The number of H-pyrrole nitrogens is 1. The van der Waals surface area contributed by atoms with E-state index in [2.05, 4.69) is 25.7 Å². The standard InChI is InChI=1S/C13H11N5/c1-3-10(13-9-15-18-17-13)7-11(4-1)16-12-5-2-6-14-8-12/h1-9,16H,(H,15,17,18). The van der Waals surface area contributed by atoms with Crippen LogP contribution in [0.25, 0.3) is 11.3 Å². The summed E-state index contributed by atoms with van der Waals surface area (Å²) in [5, 5.41) is 13.8. The second-order valence-corrected chi connectivity index (χ2v) is 3.80. The lowest BCUT2D eigenvalue weighted by Crippen LogP contribution is -1.91. The molecule has 0 amide bonds. The second kappa shape index (κ2) is 4.67. The van der Waals surface area contributed by atoms with Gasteiger partial charge in [-0.25, -0.2) is 0 Å². The summed E-state index contributed by atoms with van der Waals surface area (Å²) in [6, 6.07) is 11.8. The van der Waals surface area contributed by atoms with Crippen molar-refractivity contribution in [2.45, 2.75) is 0 Å². The molecule has 2 heterocycles. The molecular formula is C13H11N5. The van der Waals surface area contributed by atoms with Gasteiger partial charge in [-0.05, 0) is 24.3 Å². The number of hydrogen-bond donors (Lipinski definition) is 2. The minimum Gasteiger partial charge on any atom is -0.354 e. The molecule has 0 fully saturated rings. The maximum absolute atomic E-state index is 4.06. The number of anilines is 2. The fraction of sp³-hybridized carbons (Fsp3) is 0. The summed E-state index contributed by atoms with van der Waals surface area (Å²) < 4.78 is 0. The summed E-state index contributed by atoms with van der Waals surface area (Å²) >= 11 is 0. The van der Waals surface area contributed by atoms with Crippen LogP contribution in [0.1, 0.15) is 0 Å². The van der Waals surface area contributed by atoms with E-state index in [1.807, 2.05) is 36.4 Å². The fourth-order valence-corrected chi connectivity index (χ4v) is 1.70. The normalized spacial score (nSPS) is 10.2. The van der Waals surface area contributed by atoms with Crippen LogP contribution in [0.5, 0.6) is 0 Å². The first-order valence-electron chi connectivity index (χ1n) is 5.55. The van der Waals surface area contributed by atoms with Gasteiger partial charge in [0, 0.05) is 17.4 Å². The first kappa shape index (κ1) is 10.5. The van der Waals surface area contributed by atoms with Gasteiger partial charge >= 0.3 is 0 Å². The lowest BCUT2D eigenvalue weighted by atomic mass is 10.1. The molecule has 0 saturated carbocycles. The molecule has 3 aromatic rings. The summed E-state index contributed by atoms with van der Waals surface area (Å²) in [4.78, 5) is 4.06. The molecule has 3 rings (SSSR count). The summed E-state index contributed by atoms with van der Waals surface area (Å²) in [5.41, 5.74) is 3.78. The number of pyridine rings is 1. The molecule has 0 unspecified atom stereocenters. The number of nitrogens with one attached hydrogen (secondary N) is 2. The topological polar surface area (TPSA) is 66.5 Å². The van der Waals surface area contributed by atoms with Crippen LogP contribution in [0, 0.1) is 0 Å². The Morgan fingerprint density at radius 3 is 2.72 bits per heavy atom. The zero-order valence-electron chi connectivity index (χ0n) is 9.54. The van der Waals surface area contributed by atoms with Crippen molar-refractivity contribution in [1.82, 2.24) is 20.4 Å². The smallest absolute Gasteiger partial charge is 0.112 e. The largest absolute Gasteiger partial charge is 0.354 e. The average Bonchev–Trinajstić information content (AvgIpc) is 2.94. The predicted molar refractivity (Wildman–Crippen MR) is 69.3 cm³/mol. The molecule has 18 heavy (non-hydrogen) atoms. The number of aromatic nitrogens is 4. The maximum Gasteiger partial charge on any atom is 0.112 e. The molecule has 2 N–H and O–H groups in total. The van der Waals surface area contributed by atoms with E-state index in [1.165, 1.54) is 0 Å². The molecule has 0 aliphatic carbocycles. The Hall–Kier alpha value is -2.69. The predicted octanol–water partition coefficient (Wildman–Crippen LogP) is 2.61. The summed E-state index contributed by atoms with van der Waals surface area (Å²) in [5.74, 6) is 0. The van der Waals surface area contributed by atoms with Gasteiger partial charge in [0.25, 0.3) is 0 Å². The second-order valence-electron chi connectivity index (χ2n) is 3.80. The van der Waals surface area contributed by atoms with Gasteiger partial charge in [-0.2, -0.15) is 15.4 Å². The Bertz CT molecular complexity index is 619. The summed E-state index contributed by atoms with van der Waals surface area (Å²) in [6.45, 7) is 0. The quantitative estimate of drug-likeness (QED) is 0.734. The highest BCUT2D eigenvalue weighted by Gasteiger charge is 2.01. The Kier molecular flexibility index (Phi) is 2.71. The molecule has 0 bridgehead atoms. The minimum atomic E-state index is 0.824. The zero-order valence-corrected chi connectivity index (χ0v) is 9.54. The van der Waals surface area contributed by atoms with Gasteiger partial charge in [-0.3, -0.25) is 4.98 Å². The van der Waals surface area contributed by atoms with Crippen LogP contribution in [0.2, 0.25) is 0 Å². The molecule has 0 aliphatic rings. The van der Waals surface area contributed by atoms with E-state index >= 15 is 0 Å². The molecule has 0 radical (unpaired) electrons. The molecule has 5 heteroatoms. The molecule has 2 aromatic heterocycles.